The lowest BCUT2D eigenvalue weighted by Crippen LogP contribution is -2.48. The maximum Gasteiger partial charge on any atom is 0.0936 e. The van der Waals surface area contributed by atoms with Gasteiger partial charge >= 0.3 is 0 Å². The highest BCUT2D eigenvalue weighted by Crippen LogP contribution is 2.16. The number of rotatable bonds is 4. The van der Waals surface area contributed by atoms with Crippen LogP contribution < -0.4 is 0 Å². The molecule has 94 valence electrons. The van der Waals surface area contributed by atoms with Crippen molar-refractivity contribution in [3.8, 4) is 0 Å². The molecule has 1 saturated heterocycles. The predicted molar refractivity (Wildman–Crippen MR) is 67.8 cm³/mol. The van der Waals surface area contributed by atoms with Gasteiger partial charge in [0, 0.05) is 19.6 Å². The second kappa shape index (κ2) is 6.15. The molecular formula is C14H21NO2. The third kappa shape index (κ3) is 3.53. The van der Waals surface area contributed by atoms with E-state index in [0.29, 0.717) is 0 Å². The molecule has 17 heavy (non-hydrogen) atoms. The van der Waals surface area contributed by atoms with Crippen LogP contribution in [0.15, 0.2) is 30.3 Å². The van der Waals surface area contributed by atoms with E-state index >= 15 is 0 Å². The van der Waals surface area contributed by atoms with Crippen LogP contribution in [0, 0.1) is 0 Å². The molecule has 0 amide bonds. The van der Waals surface area contributed by atoms with Crippen LogP contribution in [0.25, 0.3) is 0 Å². The summed E-state index contributed by atoms with van der Waals surface area (Å²) < 4.78 is 5.76. The van der Waals surface area contributed by atoms with Gasteiger partial charge in [0.15, 0.2) is 0 Å². The molecule has 2 atom stereocenters. The number of aliphatic hydroxyl groups is 1. The van der Waals surface area contributed by atoms with E-state index in [9.17, 15) is 5.11 Å². The largest absolute Gasteiger partial charge is 0.394 e. The van der Waals surface area contributed by atoms with Crippen molar-refractivity contribution in [2.45, 2.75) is 32.1 Å². The van der Waals surface area contributed by atoms with Crippen LogP contribution in [0.3, 0.4) is 0 Å². The van der Waals surface area contributed by atoms with E-state index in [1.54, 1.807) is 0 Å². The summed E-state index contributed by atoms with van der Waals surface area (Å²) >= 11 is 0. The minimum absolute atomic E-state index is 0.0302. The van der Waals surface area contributed by atoms with Gasteiger partial charge < -0.3 is 9.84 Å². The molecule has 0 unspecified atom stereocenters. The minimum Gasteiger partial charge on any atom is -0.394 e. The Bertz CT molecular complexity index is 316. The summed E-state index contributed by atoms with van der Waals surface area (Å²) in [4.78, 5) is 2.37. The van der Waals surface area contributed by atoms with E-state index in [0.717, 1.165) is 26.1 Å². The van der Waals surface area contributed by atoms with Crippen molar-refractivity contribution in [1.29, 1.82) is 0 Å². The van der Waals surface area contributed by atoms with Gasteiger partial charge in [0.05, 0.1) is 18.8 Å². The van der Waals surface area contributed by atoms with Crippen LogP contribution in [-0.4, -0.2) is 41.9 Å². The fraction of sp³-hybridized carbons (Fsp3) is 0.571. The van der Waals surface area contributed by atoms with Gasteiger partial charge in [-0.15, -0.1) is 0 Å². The molecule has 1 fully saturated rings. The van der Waals surface area contributed by atoms with Crippen molar-refractivity contribution in [3.63, 3.8) is 0 Å². The van der Waals surface area contributed by atoms with Gasteiger partial charge in [-0.3, -0.25) is 4.90 Å². The Morgan fingerprint density at radius 1 is 1.24 bits per heavy atom. The molecular weight excluding hydrogens is 214 g/mol. The fourth-order valence-corrected chi connectivity index (χ4v) is 2.31. The van der Waals surface area contributed by atoms with Crippen LogP contribution in [0.2, 0.25) is 0 Å². The van der Waals surface area contributed by atoms with Gasteiger partial charge in [0.1, 0.15) is 0 Å². The summed E-state index contributed by atoms with van der Waals surface area (Å²) in [6.45, 7) is 4.97. The first-order chi connectivity index (χ1) is 8.31. The second-order valence-corrected chi connectivity index (χ2v) is 4.65. The number of benzene rings is 1. The quantitative estimate of drug-likeness (QED) is 0.861. The van der Waals surface area contributed by atoms with Gasteiger partial charge in [0.2, 0.25) is 0 Å². The van der Waals surface area contributed by atoms with E-state index < -0.39 is 0 Å². The van der Waals surface area contributed by atoms with Crippen LogP contribution in [-0.2, 0) is 11.3 Å². The second-order valence-electron chi connectivity index (χ2n) is 4.65. The summed E-state index contributed by atoms with van der Waals surface area (Å²) in [5.41, 5.74) is 1.32. The van der Waals surface area contributed by atoms with Crippen molar-refractivity contribution in [1.82, 2.24) is 4.90 Å². The number of morpholine rings is 1. The Morgan fingerprint density at radius 3 is 2.59 bits per heavy atom. The highest BCUT2D eigenvalue weighted by molar-refractivity contribution is 5.14. The molecule has 1 N–H and O–H groups in total. The topological polar surface area (TPSA) is 32.7 Å². The molecule has 0 aromatic heterocycles. The van der Waals surface area contributed by atoms with Crippen molar-refractivity contribution >= 4 is 0 Å². The van der Waals surface area contributed by atoms with Crippen LogP contribution in [0.5, 0.6) is 0 Å². The Kier molecular flexibility index (Phi) is 4.54. The first-order valence-electron chi connectivity index (χ1n) is 6.34. The summed E-state index contributed by atoms with van der Waals surface area (Å²) in [5.74, 6) is 0. The molecule has 0 saturated carbocycles. The predicted octanol–water partition coefficient (Wildman–Crippen LogP) is 1.66. The molecule has 1 aromatic carbocycles. The standard InChI is InChI=1S/C14H21NO2/c1-2-13-9-15(10-14(11-16)17-13)8-12-6-4-3-5-7-12/h3-7,13-14,16H,2,8-11H2,1H3/t13-,14+/m1/s1. The SMILES string of the molecule is CC[C@@H]1CN(Cc2ccccc2)C[C@@H](CO)O1. The number of nitrogens with zero attached hydrogens (tertiary/aromatic N) is 1. The zero-order valence-corrected chi connectivity index (χ0v) is 10.4. The van der Waals surface area contributed by atoms with Crippen LogP contribution >= 0.6 is 0 Å². The van der Waals surface area contributed by atoms with Gasteiger partial charge in [-0.2, -0.15) is 0 Å². The molecule has 1 heterocycles. The van der Waals surface area contributed by atoms with E-state index in [2.05, 4.69) is 36.1 Å². The van der Waals surface area contributed by atoms with Crippen molar-refractivity contribution < 1.29 is 9.84 Å². The molecule has 3 heteroatoms. The van der Waals surface area contributed by atoms with Crippen molar-refractivity contribution in [2.75, 3.05) is 19.7 Å². The molecule has 1 aliphatic rings. The first kappa shape index (κ1) is 12.6. The zero-order valence-electron chi connectivity index (χ0n) is 10.4. The lowest BCUT2D eigenvalue weighted by atomic mass is 10.1. The third-order valence-electron chi connectivity index (χ3n) is 3.22. The average molecular weight is 235 g/mol. The molecule has 1 aliphatic heterocycles. The van der Waals surface area contributed by atoms with Gasteiger partial charge in [-0.05, 0) is 12.0 Å². The van der Waals surface area contributed by atoms with E-state index in [1.165, 1.54) is 5.56 Å². The number of hydrogen-bond donors (Lipinski definition) is 1. The smallest absolute Gasteiger partial charge is 0.0936 e. The molecule has 0 bridgehead atoms. The van der Waals surface area contributed by atoms with Gasteiger partial charge in [-0.1, -0.05) is 37.3 Å². The van der Waals surface area contributed by atoms with Crippen molar-refractivity contribution in [3.05, 3.63) is 35.9 Å². The molecule has 0 aliphatic carbocycles. The Balaban J connectivity index is 1.95. The lowest BCUT2D eigenvalue weighted by Gasteiger charge is -2.37. The molecule has 2 rings (SSSR count). The van der Waals surface area contributed by atoms with Gasteiger partial charge in [0.25, 0.3) is 0 Å². The third-order valence-corrected chi connectivity index (χ3v) is 3.22. The summed E-state index contributed by atoms with van der Waals surface area (Å²) in [6.07, 6.45) is 1.23. The maximum absolute atomic E-state index is 9.24. The summed E-state index contributed by atoms with van der Waals surface area (Å²) in [5, 5.41) is 9.24. The Hall–Kier alpha value is -0.900. The van der Waals surface area contributed by atoms with E-state index in [-0.39, 0.29) is 18.8 Å². The summed E-state index contributed by atoms with van der Waals surface area (Å²) in [7, 11) is 0. The molecule has 1 aromatic rings. The number of ether oxygens (including phenoxy) is 1. The van der Waals surface area contributed by atoms with Crippen LogP contribution in [0.4, 0.5) is 0 Å². The van der Waals surface area contributed by atoms with E-state index in [1.807, 2.05) is 6.07 Å². The Labute approximate surface area is 103 Å². The first-order valence-corrected chi connectivity index (χ1v) is 6.34. The highest BCUT2D eigenvalue weighted by atomic mass is 16.5. The lowest BCUT2D eigenvalue weighted by molar-refractivity contribution is -0.105. The van der Waals surface area contributed by atoms with Gasteiger partial charge in [-0.25, -0.2) is 0 Å². The molecule has 0 radical (unpaired) electrons. The maximum atomic E-state index is 9.24. The minimum atomic E-state index is -0.0302. The summed E-state index contributed by atoms with van der Waals surface area (Å²) in [6, 6.07) is 10.5. The van der Waals surface area contributed by atoms with Crippen LogP contribution in [0.1, 0.15) is 18.9 Å². The molecule has 3 nitrogen and oxygen atoms in total. The highest BCUT2D eigenvalue weighted by Gasteiger charge is 2.26. The molecule has 0 spiro atoms. The fourth-order valence-electron chi connectivity index (χ4n) is 2.31. The number of aliphatic hydroxyl groups excluding tert-OH is 1. The zero-order chi connectivity index (χ0) is 12.1. The average Bonchev–Trinajstić information content (AvgIpc) is 2.39. The van der Waals surface area contributed by atoms with E-state index in [4.69, 9.17) is 4.74 Å². The van der Waals surface area contributed by atoms with Crippen molar-refractivity contribution in [2.24, 2.45) is 0 Å². The Morgan fingerprint density at radius 2 is 1.94 bits per heavy atom. The number of hydrogen-bond acceptors (Lipinski definition) is 3. The monoisotopic (exact) mass is 235 g/mol. The normalized spacial score (nSPS) is 26.0.